The van der Waals surface area contributed by atoms with Crippen molar-refractivity contribution in [1.29, 1.82) is 0 Å². The van der Waals surface area contributed by atoms with E-state index in [0.717, 1.165) is 0 Å². The van der Waals surface area contributed by atoms with Crippen LogP contribution in [0, 0.1) is 0 Å². The topological polar surface area (TPSA) is 0 Å². The molecule has 0 aliphatic carbocycles. The third-order valence-corrected chi connectivity index (χ3v) is 2.87. The van der Waals surface area contributed by atoms with Crippen LogP contribution in [0.25, 0.3) is 6.08 Å². The number of allylic oxidation sites excluding steroid dienone is 1. The Labute approximate surface area is 100 Å². The van der Waals surface area contributed by atoms with Crippen LogP contribution in [-0.2, 0) is 0 Å². The second-order valence-electron chi connectivity index (χ2n) is 4.42. The SMILES string of the molecule is CCCCC(=Cc1ccccc1)CCCC. The van der Waals surface area contributed by atoms with Crippen molar-refractivity contribution in [2.24, 2.45) is 0 Å². The third kappa shape index (κ3) is 5.16. The number of hydrogen-bond donors (Lipinski definition) is 0. The Bertz CT molecular complexity index is 285. The van der Waals surface area contributed by atoms with Crippen molar-refractivity contribution in [1.82, 2.24) is 0 Å². The Hall–Kier alpha value is -1.04. The van der Waals surface area contributed by atoms with E-state index < -0.39 is 0 Å². The highest BCUT2D eigenvalue weighted by Gasteiger charge is 1.97. The van der Waals surface area contributed by atoms with Gasteiger partial charge in [-0.2, -0.15) is 0 Å². The van der Waals surface area contributed by atoms with Gasteiger partial charge in [-0.3, -0.25) is 0 Å². The molecule has 1 rings (SSSR count). The monoisotopic (exact) mass is 216 g/mol. The minimum Gasteiger partial charge on any atom is -0.0696 e. The van der Waals surface area contributed by atoms with Gasteiger partial charge in [-0.1, -0.05) is 68.7 Å². The zero-order chi connectivity index (χ0) is 11.6. The summed E-state index contributed by atoms with van der Waals surface area (Å²) in [5.41, 5.74) is 2.97. The van der Waals surface area contributed by atoms with Crippen molar-refractivity contribution in [2.45, 2.75) is 52.4 Å². The second-order valence-corrected chi connectivity index (χ2v) is 4.42. The standard InChI is InChI=1S/C16H24/c1-3-5-10-15(11-6-4-2)14-16-12-8-7-9-13-16/h7-9,12-14H,3-6,10-11H2,1-2H3. The van der Waals surface area contributed by atoms with Crippen LogP contribution in [-0.4, -0.2) is 0 Å². The molecule has 0 saturated heterocycles. The molecule has 0 fully saturated rings. The van der Waals surface area contributed by atoms with Gasteiger partial charge in [0, 0.05) is 0 Å². The molecule has 0 bridgehead atoms. The van der Waals surface area contributed by atoms with Gasteiger partial charge in [-0.25, -0.2) is 0 Å². The van der Waals surface area contributed by atoms with Crippen molar-refractivity contribution in [2.75, 3.05) is 0 Å². The average molecular weight is 216 g/mol. The molecule has 0 amide bonds. The maximum Gasteiger partial charge on any atom is -0.0257 e. The van der Waals surface area contributed by atoms with E-state index in [1.54, 1.807) is 5.57 Å². The molecule has 1 aromatic rings. The predicted octanol–water partition coefficient (Wildman–Crippen LogP) is 5.45. The smallest absolute Gasteiger partial charge is 0.0257 e. The Morgan fingerprint density at radius 2 is 1.50 bits per heavy atom. The summed E-state index contributed by atoms with van der Waals surface area (Å²) in [6.45, 7) is 4.53. The van der Waals surface area contributed by atoms with Gasteiger partial charge in [-0.05, 0) is 31.2 Å². The Morgan fingerprint density at radius 3 is 2.00 bits per heavy atom. The molecule has 0 radical (unpaired) electrons. The van der Waals surface area contributed by atoms with E-state index in [1.807, 2.05) is 0 Å². The molecule has 0 unspecified atom stereocenters. The van der Waals surface area contributed by atoms with Gasteiger partial charge in [0.2, 0.25) is 0 Å². The van der Waals surface area contributed by atoms with E-state index >= 15 is 0 Å². The van der Waals surface area contributed by atoms with Crippen molar-refractivity contribution < 1.29 is 0 Å². The van der Waals surface area contributed by atoms with E-state index in [0.29, 0.717) is 0 Å². The Kier molecular flexibility index (Phi) is 6.64. The minimum absolute atomic E-state index is 1.27. The molecule has 0 nitrogen and oxygen atoms in total. The van der Waals surface area contributed by atoms with Crippen molar-refractivity contribution in [3.05, 3.63) is 41.5 Å². The van der Waals surface area contributed by atoms with E-state index in [-0.39, 0.29) is 0 Å². The first-order valence-corrected chi connectivity index (χ1v) is 6.61. The number of hydrogen-bond acceptors (Lipinski definition) is 0. The average Bonchev–Trinajstić information content (AvgIpc) is 2.34. The molecule has 0 N–H and O–H groups in total. The molecule has 16 heavy (non-hydrogen) atoms. The zero-order valence-electron chi connectivity index (χ0n) is 10.7. The maximum atomic E-state index is 2.38. The molecule has 0 aliphatic rings. The van der Waals surface area contributed by atoms with Crippen molar-refractivity contribution in [3.63, 3.8) is 0 Å². The molecular formula is C16H24. The number of rotatable bonds is 7. The molecule has 0 heteroatoms. The first kappa shape index (κ1) is 13.0. The van der Waals surface area contributed by atoms with Gasteiger partial charge < -0.3 is 0 Å². The summed E-state index contributed by atoms with van der Waals surface area (Å²) < 4.78 is 0. The van der Waals surface area contributed by atoms with Crippen LogP contribution in [0.1, 0.15) is 57.9 Å². The lowest BCUT2D eigenvalue weighted by atomic mass is 10.00. The maximum absolute atomic E-state index is 2.38. The summed E-state index contributed by atoms with van der Waals surface area (Å²) in [7, 11) is 0. The van der Waals surface area contributed by atoms with Gasteiger partial charge in [0.05, 0.1) is 0 Å². The molecule has 1 aromatic carbocycles. The van der Waals surface area contributed by atoms with Crippen LogP contribution in [0.2, 0.25) is 0 Å². The van der Waals surface area contributed by atoms with Crippen LogP contribution in [0.5, 0.6) is 0 Å². The van der Waals surface area contributed by atoms with Gasteiger partial charge in [0.25, 0.3) is 0 Å². The van der Waals surface area contributed by atoms with Gasteiger partial charge in [0.15, 0.2) is 0 Å². The van der Waals surface area contributed by atoms with E-state index in [1.165, 1.54) is 44.1 Å². The van der Waals surface area contributed by atoms with E-state index in [9.17, 15) is 0 Å². The summed E-state index contributed by atoms with van der Waals surface area (Å²) in [5, 5.41) is 0. The molecule has 0 saturated carbocycles. The molecule has 0 aromatic heterocycles. The fraction of sp³-hybridized carbons (Fsp3) is 0.500. The van der Waals surface area contributed by atoms with Crippen LogP contribution in [0.4, 0.5) is 0 Å². The molecule has 0 atom stereocenters. The van der Waals surface area contributed by atoms with Crippen LogP contribution < -0.4 is 0 Å². The minimum atomic E-state index is 1.27. The summed E-state index contributed by atoms with van der Waals surface area (Å²) >= 11 is 0. The molecule has 88 valence electrons. The predicted molar refractivity (Wildman–Crippen MR) is 73.5 cm³/mol. The van der Waals surface area contributed by atoms with Gasteiger partial charge in [-0.15, -0.1) is 0 Å². The van der Waals surface area contributed by atoms with Crippen LogP contribution in [0.15, 0.2) is 35.9 Å². The lowest BCUT2D eigenvalue weighted by molar-refractivity contribution is 0.717. The molecule has 0 heterocycles. The van der Waals surface area contributed by atoms with Crippen LogP contribution in [0.3, 0.4) is 0 Å². The Morgan fingerprint density at radius 1 is 0.938 bits per heavy atom. The molecule has 0 aliphatic heterocycles. The summed E-state index contributed by atoms with van der Waals surface area (Å²) in [6.07, 6.45) is 10.1. The Balaban J connectivity index is 2.63. The first-order valence-electron chi connectivity index (χ1n) is 6.61. The van der Waals surface area contributed by atoms with Crippen LogP contribution >= 0.6 is 0 Å². The lowest BCUT2D eigenvalue weighted by Gasteiger charge is -2.06. The quantitative estimate of drug-likeness (QED) is 0.568. The highest BCUT2D eigenvalue weighted by atomic mass is 14.0. The second kappa shape index (κ2) is 8.15. The summed E-state index contributed by atoms with van der Waals surface area (Å²) in [6, 6.07) is 10.7. The summed E-state index contributed by atoms with van der Waals surface area (Å²) in [4.78, 5) is 0. The van der Waals surface area contributed by atoms with E-state index in [2.05, 4.69) is 50.3 Å². The lowest BCUT2D eigenvalue weighted by Crippen LogP contribution is -1.85. The molecular weight excluding hydrogens is 192 g/mol. The highest BCUT2D eigenvalue weighted by Crippen LogP contribution is 2.18. The number of unbranched alkanes of at least 4 members (excludes halogenated alkanes) is 2. The zero-order valence-corrected chi connectivity index (χ0v) is 10.7. The fourth-order valence-electron chi connectivity index (χ4n) is 1.86. The van der Waals surface area contributed by atoms with Gasteiger partial charge >= 0.3 is 0 Å². The molecule has 0 spiro atoms. The summed E-state index contributed by atoms with van der Waals surface area (Å²) in [5.74, 6) is 0. The largest absolute Gasteiger partial charge is 0.0696 e. The normalized spacial score (nSPS) is 10.1. The third-order valence-electron chi connectivity index (χ3n) is 2.87. The van der Waals surface area contributed by atoms with E-state index in [4.69, 9.17) is 0 Å². The van der Waals surface area contributed by atoms with Crippen molar-refractivity contribution in [3.8, 4) is 0 Å². The first-order chi connectivity index (χ1) is 7.86. The highest BCUT2D eigenvalue weighted by molar-refractivity contribution is 5.52. The van der Waals surface area contributed by atoms with Crippen molar-refractivity contribution >= 4 is 6.08 Å². The fourth-order valence-corrected chi connectivity index (χ4v) is 1.86. The number of benzene rings is 1. The van der Waals surface area contributed by atoms with Gasteiger partial charge in [0.1, 0.15) is 0 Å².